The molecule has 86 valence electrons. The zero-order valence-electron chi connectivity index (χ0n) is 9.10. The first-order valence-corrected chi connectivity index (χ1v) is 8.71. The van der Waals surface area contributed by atoms with Crippen molar-refractivity contribution in [2.45, 2.75) is 27.7 Å². The Labute approximate surface area is 111 Å². The van der Waals surface area contributed by atoms with Crippen molar-refractivity contribution in [1.29, 1.82) is 0 Å². The van der Waals surface area contributed by atoms with Gasteiger partial charge in [-0.2, -0.15) is 0 Å². The van der Waals surface area contributed by atoms with E-state index in [4.69, 9.17) is 16.3 Å². The van der Waals surface area contributed by atoms with Crippen molar-refractivity contribution in [3.63, 3.8) is 0 Å². The van der Waals surface area contributed by atoms with Gasteiger partial charge in [0.05, 0.1) is 6.61 Å². The zero-order valence-corrected chi connectivity index (χ0v) is 13.6. The topological polar surface area (TPSA) is 29.5 Å². The fraction of sp³-hybridized carbons (Fsp3) is 1.00. The van der Waals surface area contributed by atoms with E-state index in [2.05, 4.69) is 13.8 Å². The summed E-state index contributed by atoms with van der Waals surface area (Å²) in [5, 5.41) is 0. The van der Waals surface area contributed by atoms with Crippen LogP contribution < -0.4 is 0 Å². The number of rotatable bonds is 6. The molecule has 2 nitrogen and oxygen atoms in total. The molecule has 0 bridgehead atoms. The average Bonchev–Trinajstić information content (AvgIpc) is 1.98. The summed E-state index contributed by atoms with van der Waals surface area (Å²) < 4.78 is 5.29. The molecule has 14 heavy (non-hydrogen) atoms. The van der Waals surface area contributed by atoms with Gasteiger partial charge in [-0.3, -0.25) is 0 Å². The summed E-state index contributed by atoms with van der Waals surface area (Å²) in [6, 6.07) is 0. The average molecular weight is 338 g/mol. The maximum atomic E-state index is 9.68. The van der Waals surface area contributed by atoms with Gasteiger partial charge in [-0.05, 0) is 23.6 Å². The predicted molar refractivity (Wildman–Crippen MR) is 64.6 cm³/mol. The van der Waals surface area contributed by atoms with Crippen molar-refractivity contribution in [1.82, 2.24) is 0 Å². The van der Waals surface area contributed by atoms with Gasteiger partial charge in [0.15, 0.2) is 0 Å². The molecule has 1 unspecified atom stereocenters. The Morgan fingerprint density at radius 2 is 1.79 bits per heavy atom. The standard InChI is InChI=1S/C8H19O2PS2.Mo/c1-7(2)5-10-11(9,12)13-6-8(3)4;/h7-8H,5-6H2,1-4H3,(H,9,12);. The first kappa shape index (κ1) is 18.0. The first-order chi connectivity index (χ1) is 5.83. The maximum Gasteiger partial charge on any atom is 0.244 e. The molecule has 0 amide bonds. The van der Waals surface area contributed by atoms with Gasteiger partial charge in [-0.1, -0.05) is 39.1 Å². The van der Waals surface area contributed by atoms with Crippen LogP contribution in [0, 0.1) is 11.8 Å². The van der Waals surface area contributed by atoms with Crippen LogP contribution in [-0.2, 0) is 37.4 Å². The predicted octanol–water partition coefficient (Wildman–Crippen LogP) is 3.26. The van der Waals surface area contributed by atoms with E-state index in [9.17, 15) is 4.89 Å². The summed E-state index contributed by atoms with van der Waals surface area (Å²) in [6.07, 6.45) is 0. The summed E-state index contributed by atoms with van der Waals surface area (Å²) in [4.78, 5) is 9.68. The van der Waals surface area contributed by atoms with E-state index in [0.717, 1.165) is 5.75 Å². The van der Waals surface area contributed by atoms with Crippen LogP contribution in [0.2, 0.25) is 0 Å². The van der Waals surface area contributed by atoms with Gasteiger partial charge in [0, 0.05) is 26.8 Å². The van der Waals surface area contributed by atoms with E-state index >= 15 is 0 Å². The smallest absolute Gasteiger partial charge is 0.244 e. The van der Waals surface area contributed by atoms with Crippen LogP contribution in [-0.4, -0.2) is 17.3 Å². The van der Waals surface area contributed by atoms with Crippen LogP contribution in [0.5, 0.6) is 0 Å². The minimum Gasteiger partial charge on any atom is -0.337 e. The van der Waals surface area contributed by atoms with E-state index < -0.39 is 5.69 Å². The van der Waals surface area contributed by atoms with Gasteiger partial charge < -0.3 is 9.42 Å². The first-order valence-electron chi connectivity index (χ1n) is 4.45. The van der Waals surface area contributed by atoms with Crippen LogP contribution >= 0.6 is 17.1 Å². The van der Waals surface area contributed by atoms with Crippen LogP contribution in [0.25, 0.3) is 0 Å². The third-order valence-electron chi connectivity index (χ3n) is 1.14. The van der Waals surface area contributed by atoms with Crippen LogP contribution in [0.4, 0.5) is 0 Å². The molecule has 0 aliphatic rings. The second-order valence-electron chi connectivity index (χ2n) is 3.85. The Kier molecular flexibility index (Phi) is 11.2. The van der Waals surface area contributed by atoms with Crippen molar-refractivity contribution in [2.24, 2.45) is 11.8 Å². The second kappa shape index (κ2) is 8.73. The van der Waals surface area contributed by atoms with Crippen LogP contribution in [0.15, 0.2) is 0 Å². The summed E-state index contributed by atoms with van der Waals surface area (Å²) in [6.45, 7) is 8.85. The molecule has 0 aliphatic carbocycles. The quantitative estimate of drug-likeness (QED) is 0.595. The van der Waals surface area contributed by atoms with E-state index in [0.29, 0.717) is 18.4 Å². The molecule has 0 radical (unpaired) electrons. The third kappa shape index (κ3) is 11.7. The van der Waals surface area contributed by atoms with Crippen molar-refractivity contribution in [2.75, 3.05) is 12.4 Å². The molecule has 0 saturated heterocycles. The monoisotopic (exact) mass is 340 g/mol. The number of hydrogen-bond donors (Lipinski definition) is 1. The molecule has 1 atom stereocenters. The SMILES string of the molecule is CC(C)COP(O)(=S)SCC(C)C.[Mo]. The summed E-state index contributed by atoms with van der Waals surface area (Å²) in [5.41, 5.74) is -2.55. The summed E-state index contributed by atoms with van der Waals surface area (Å²) >= 11 is 6.38. The van der Waals surface area contributed by atoms with Gasteiger partial charge in [-0.15, -0.1) is 0 Å². The Morgan fingerprint density at radius 1 is 1.29 bits per heavy atom. The Hall–Kier alpha value is 1.61. The molecule has 0 spiro atoms. The normalized spacial score (nSPS) is 15.4. The van der Waals surface area contributed by atoms with Crippen LogP contribution in [0.3, 0.4) is 0 Å². The minimum atomic E-state index is -2.55. The minimum absolute atomic E-state index is 0. The molecule has 0 aromatic heterocycles. The molecule has 0 aromatic carbocycles. The summed E-state index contributed by atoms with van der Waals surface area (Å²) in [7, 11) is 0. The molecular weight excluding hydrogens is 319 g/mol. The summed E-state index contributed by atoms with van der Waals surface area (Å²) in [5.74, 6) is 1.84. The molecule has 0 aliphatic heterocycles. The van der Waals surface area contributed by atoms with Gasteiger partial charge in [0.1, 0.15) is 0 Å². The fourth-order valence-corrected chi connectivity index (χ4v) is 4.17. The molecule has 0 saturated carbocycles. The molecule has 0 aromatic rings. The van der Waals surface area contributed by atoms with Crippen molar-refractivity contribution >= 4 is 28.9 Å². The van der Waals surface area contributed by atoms with Crippen LogP contribution in [0.1, 0.15) is 27.7 Å². The van der Waals surface area contributed by atoms with Gasteiger partial charge in [-0.25, -0.2) is 0 Å². The van der Waals surface area contributed by atoms with E-state index in [1.165, 1.54) is 11.4 Å². The van der Waals surface area contributed by atoms with Gasteiger partial charge >= 0.3 is 0 Å². The molecule has 0 rings (SSSR count). The molecule has 1 N–H and O–H groups in total. The van der Waals surface area contributed by atoms with Crippen molar-refractivity contribution in [3.8, 4) is 0 Å². The Balaban J connectivity index is 0. The van der Waals surface area contributed by atoms with Gasteiger partial charge in [0.25, 0.3) is 0 Å². The van der Waals surface area contributed by atoms with E-state index in [1.807, 2.05) is 13.8 Å². The molecular formula is C8H19MoO2PS2. The maximum absolute atomic E-state index is 9.68. The van der Waals surface area contributed by atoms with Gasteiger partial charge in [0.2, 0.25) is 5.69 Å². The molecule has 6 heteroatoms. The Morgan fingerprint density at radius 3 is 2.14 bits per heavy atom. The zero-order chi connectivity index (χ0) is 10.5. The third-order valence-corrected chi connectivity index (χ3v) is 5.77. The van der Waals surface area contributed by atoms with E-state index in [-0.39, 0.29) is 21.1 Å². The van der Waals surface area contributed by atoms with Crippen molar-refractivity contribution in [3.05, 3.63) is 0 Å². The second-order valence-corrected chi connectivity index (χ2v) is 10.1. The van der Waals surface area contributed by atoms with E-state index in [1.54, 1.807) is 0 Å². The molecule has 0 heterocycles. The Bertz CT molecular complexity index is 172. The molecule has 0 fully saturated rings. The van der Waals surface area contributed by atoms with Crippen molar-refractivity contribution < 1.29 is 30.5 Å². The largest absolute Gasteiger partial charge is 0.337 e. The number of hydrogen-bond acceptors (Lipinski definition) is 3. The fourth-order valence-electron chi connectivity index (χ4n) is 0.524.